The van der Waals surface area contributed by atoms with Crippen molar-refractivity contribution in [2.75, 3.05) is 33.9 Å². The Morgan fingerprint density at radius 2 is 2.00 bits per heavy atom. The lowest BCUT2D eigenvalue weighted by atomic mass is 9.97. The van der Waals surface area contributed by atoms with Crippen molar-refractivity contribution in [2.45, 2.75) is 19.3 Å². The second-order valence-electron chi connectivity index (χ2n) is 5.64. The minimum absolute atomic E-state index is 0.00659. The van der Waals surface area contributed by atoms with Crippen molar-refractivity contribution in [3.05, 3.63) is 29.8 Å². The molecule has 2 amide bonds. The van der Waals surface area contributed by atoms with Crippen LogP contribution in [0.25, 0.3) is 0 Å². The lowest BCUT2D eigenvalue weighted by Crippen LogP contribution is -2.45. The van der Waals surface area contributed by atoms with E-state index in [0.717, 1.165) is 30.6 Å². The van der Waals surface area contributed by atoms with Crippen molar-refractivity contribution < 1.29 is 19.1 Å². The molecule has 2 rings (SSSR count). The van der Waals surface area contributed by atoms with Gasteiger partial charge in [-0.1, -0.05) is 12.1 Å². The summed E-state index contributed by atoms with van der Waals surface area (Å²) < 4.78 is 9.84. The zero-order valence-corrected chi connectivity index (χ0v) is 13.7. The number of piperidine rings is 1. The minimum atomic E-state index is -0.360. The van der Waals surface area contributed by atoms with Gasteiger partial charge in [-0.25, -0.2) is 4.79 Å². The summed E-state index contributed by atoms with van der Waals surface area (Å²) in [7, 11) is 3.00. The summed E-state index contributed by atoms with van der Waals surface area (Å²) in [6.07, 6.45) is 2.04. The smallest absolute Gasteiger partial charge is 0.409 e. The van der Waals surface area contributed by atoms with E-state index in [0.29, 0.717) is 19.6 Å². The fraction of sp³-hybridized carbons (Fsp3) is 0.529. The number of amides is 2. The summed E-state index contributed by atoms with van der Waals surface area (Å²) in [5.74, 6) is 0.675. The number of likely N-dealkylation sites (tertiary alicyclic amines) is 1. The monoisotopic (exact) mass is 320 g/mol. The van der Waals surface area contributed by atoms with Crippen molar-refractivity contribution in [1.82, 2.24) is 10.2 Å². The molecule has 0 bridgehead atoms. The highest BCUT2D eigenvalue weighted by Crippen LogP contribution is 2.17. The number of nitrogens with one attached hydrogen (secondary N) is 1. The Morgan fingerprint density at radius 3 is 2.65 bits per heavy atom. The van der Waals surface area contributed by atoms with Crippen LogP contribution < -0.4 is 10.1 Å². The Balaban J connectivity index is 1.76. The van der Waals surface area contributed by atoms with Crippen molar-refractivity contribution in [1.29, 1.82) is 0 Å². The van der Waals surface area contributed by atoms with Gasteiger partial charge in [-0.2, -0.15) is 0 Å². The van der Waals surface area contributed by atoms with E-state index in [9.17, 15) is 9.59 Å². The lowest BCUT2D eigenvalue weighted by Gasteiger charge is -2.30. The Kier molecular flexibility index (Phi) is 6.26. The number of carbonyl (C=O) groups is 2. The molecule has 1 aromatic rings. The number of carbonyl (C=O) groups excluding carboxylic acids is 2. The third-order valence-electron chi connectivity index (χ3n) is 4.10. The molecule has 6 heteroatoms. The molecule has 1 aromatic carbocycles. The van der Waals surface area contributed by atoms with Gasteiger partial charge in [0.2, 0.25) is 5.91 Å². The summed E-state index contributed by atoms with van der Waals surface area (Å²) >= 11 is 0. The van der Waals surface area contributed by atoms with Crippen LogP contribution in [0.4, 0.5) is 4.79 Å². The molecule has 126 valence electrons. The normalized spacial score (nSPS) is 17.5. The molecule has 1 aliphatic rings. The highest BCUT2D eigenvalue weighted by Gasteiger charge is 2.28. The molecule has 1 atom stereocenters. The van der Waals surface area contributed by atoms with Gasteiger partial charge < -0.3 is 19.7 Å². The van der Waals surface area contributed by atoms with Crippen molar-refractivity contribution in [3.63, 3.8) is 0 Å². The summed E-state index contributed by atoms with van der Waals surface area (Å²) in [6.45, 7) is 1.67. The highest BCUT2D eigenvalue weighted by molar-refractivity contribution is 5.80. The number of benzene rings is 1. The number of methoxy groups -OCH3 is 2. The Labute approximate surface area is 136 Å². The topological polar surface area (TPSA) is 67.9 Å². The van der Waals surface area contributed by atoms with E-state index >= 15 is 0 Å². The SMILES string of the molecule is COC(=O)N1CCCC(C(=O)NCCc2ccc(OC)cc2)C1. The molecule has 1 saturated heterocycles. The fourth-order valence-corrected chi connectivity index (χ4v) is 2.75. The number of hydrogen-bond acceptors (Lipinski definition) is 4. The Morgan fingerprint density at radius 1 is 1.26 bits per heavy atom. The molecule has 6 nitrogen and oxygen atoms in total. The van der Waals surface area contributed by atoms with Gasteiger partial charge in [0.05, 0.1) is 20.1 Å². The minimum Gasteiger partial charge on any atom is -0.497 e. The van der Waals surface area contributed by atoms with Crippen LogP contribution in [-0.4, -0.2) is 50.8 Å². The number of hydrogen-bond donors (Lipinski definition) is 1. The lowest BCUT2D eigenvalue weighted by molar-refractivity contribution is -0.126. The first-order valence-corrected chi connectivity index (χ1v) is 7.87. The van der Waals surface area contributed by atoms with Crippen LogP contribution in [0.5, 0.6) is 5.75 Å². The van der Waals surface area contributed by atoms with Crippen molar-refractivity contribution in [2.24, 2.45) is 5.92 Å². The van der Waals surface area contributed by atoms with E-state index in [1.54, 1.807) is 12.0 Å². The molecule has 0 spiro atoms. The van der Waals surface area contributed by atoms with Gasteiger partial charge in [0.1, 0.15) is 5.75 Å². The molecule has 0 radical (unpaired) electrons. The summed E-state index contributed by atoms with van der Waals surface area (Å²) in [6, 6.07) is 7.80. The zero-order chi connectivity index (χ0) is 16.7. The highest BCUT2D eigenvalue weighted by atomic mass is 16.5. The second kappa shape index (κ2) is 8.41. The molecule has 0 aliphatic carbocycles. The van der Waals surface area contributed by atoms with E-state index in [1.807, 2.05) is 24.3 Å². The zero-order valence-electron chi connectivity index (χ0n) is 13.7. The van der Waals surface area contributed by atoms with E-state index < -0.39 is 0 Å². The van der Waals surface area contributed by atoms with Crippen LogP contribution in [0, 0.1) is 5.92 Å². The van der Waals surface area contributed by atoms with Crippen LogP contribution in [-0.2, 0) is 16.0 Å². The van der Waals surface area contributed by atoms with Crippen LogP contribution in [0.15, 0.2) is 24.3 Å². The predicted octanol–water partition coefficient (Wildman–Crippen LogP) is 1.83. The van der Waals surface area contributed by atoms with Crippen LogP contribution >= 0.6 is 0 Å². The Bertz CT molecular complexity index is 530. The van der Waals surface area contributed by atoms with E-state index in [2.05, 4.69) is 5.32 Å². The fourth-order valence-electron chi connectivity index (χ4n) is 2.75. The summed E-state index contributed by atoms with van der Waals surface area (Å²) in [5, 5.41) is 2.96. The number of nitrogens with zero attached hydrogens (tertiary/aromatic N) is 1. The van der Waals surface area contributed by atoms with E-state index in [1.165, 1.54) is 7.11 Å². The average molecular weight is 320 g/mol. The third kappa shape index (κ3) is 4.87. The summed E-state index contributed by atoms with van der Waals surface area (Å²) in [5.41, 5.74) is 1.14. The largest absolute Gasteiger partial charge is 0.497 e. The molecule has 0 saturated carbocycles. The molecule has 23 heavy (non-hydrogen) atoms. The van der Waals surface area contributed by atoms with Crippen LogP contribution in [0.3, 0.4) is 0 Å². The van der Waals surface area contributed by atoms with Crippen LogP contribution in [0.1, 0.15) is 18.4 Å². The number of ether oxygens (including phenoxy) is 2. The second-order valence-corrected chi connectivity index (χ2v) is 5.64. The first kappa shape index (κ1) is 17.1. The summed E-state index contributed by atoms with van der Waals surface area (Å²) in [4.78, 5) is 25.4. The predicted molar refractivity (Wildman–Crippen MR) is 86.4 cm³/mol. The molecule has 0 aromatic heterocycles. The maximum atomic E-state index is 12.2. The van der Waals surface area contributed by atoms with Crippen molar-refractivity contribution >= 4 is 12.0 Å². The molecule has 1 heterocycles. The Hall–Kier alpha value is -2.24. The van der Waals surface area contributed by atoms with Gasteiger partial charge in [-0.3, -0.25) is 4.79 Å². The van der Waals surface area contributed by atoms with Gasteiger partial charge in [-0.15, -0.1) is 0 Å². The first-order valence-electron chi connectivity index (χ1n) is 7.87. The van der Waals surface area contributed by atoms with Gasteiger partial charge >= 0.3 is 6.09 Å². The van der Waals surface area contributed by atoms with Gasteiger partial charge in [0, 0.05) is 19.6 Å². The van der Waals surface area contributed by atoms with E-state index in [-0.39, 0.29) is 17.9 Å². The maximum absolute atomic E-state index is 12.2. The molecular formula is C17H24N2O4. The van der Waals surface area contributed by atoms with Gasteiger partial charge in [-0.05, 0) is 37.0 Å². The van der Waals surface area contributed by atoms with E-state index in [4.69, 9.17) is 9.47 Å². The maximum Gasteiger partial charge on any atom is 0.409 e. The average Bonchev–Trinajstić information content (AvgIpc) is 2.61. The standard InChI is InChI=1S/C17H24N2O4/c1-22-15-7-5-13(6-8-15)9-10-18-16(20)14-4-3-11-19(12-14)17(21)23-2/h5-8,14H,3-4,9-12H2,1-2H3,(H,18,20). The van der Waals surface area contributed by atoms with Gasteiger partial charge in [0.15, 0.2) is 0 Å². The van der Waals surface area contributed by atoms with Crippen LogP contribution in [0.2, 0.25) is 0 Å². The molecule has 1 fully saturated rings. The first-order chi connectivity index (χ1) is 11.1. The molecular weight excluding hydrogens is 296 g/mol. The number of rotatable bonds is 5. The molecule has 1 N–H and O–H groups in total. The van der Waals surface area contributed by atoms with Crippen molar-refractivity contribution in [3.8, 4) is 5.75 Å². The molecule has 1 aliphatic heterocycles. The molecule has 1 unspecified atom stereocenters. The quantitative estimate of drug-likeness (QED) is 0.899. The third-order valence-corrected chi connectivity index (χ3v) is 4.10. The van der Waals surface area contributed by atoms with Gasteiger partial charge in [0.25, 0.3) is 0 Å².